The molecule has 0 bridgehead atoms. The highest BCUT2D eigenvalue weighted by Crippen LogP contribution is 2.21. The van der Waals surface area contributed by atoms with E-state index in [2.05, 4.69) is 0 Å². The van der Waals surface area contributed by atoms with Crippen molar-refractivity contribution in [2.45, 2.75) is 45.8 Å². The van der Waals surface area contributed by atoms with Crippen LogP contribution in [0.2, 0.25) is 0 Å². The van der Waals surface area contributed by atoms with Crippen LogP contribution in [0.4, 0.5) is 0 Å². The molecule has 3 nitrogen and oxygen atoms in total. The third kappa shape index (κ3) is 4.77. The predicted octanol–water partition coefficient (Wildman–Crippen LogP) is 2.20. The fraction of sp³-hybridized carbons (Fsp3) is 0.562. The van der Waals surface area contributed by atoms with E-state index in [0.717, 1.165) is 5.56 Å². The van der Waals surface area contributed by atoms with E-state index in [1.807, 2.05) is 44.2 Å². The summed E-state index contributed by atoms with van der Waals surface area (Å²) in [5.74, 6) is -0.884. The third-order valence-corrected chi connectivity index (χ3v) is 3.51. The number of carbonyl (C=O) groups is 1. The molecule has 0 amide bonds. The van der Waals surface area contributed by atoms with Crippen molar-refractivity contribution in [1.82, 2.24) is 0 Å². The van der Waals surface area contributed by atoms with Crippen LogP contribution in [0.3, 0.4) is 0 Å². The van der Waals surface area contributed by atoms with Crippen LogP contribution < -0.4 is 0 Å². The smallest absolute Gasteiger partial charge is 0.138 e. The number of hydrogen-bond donors (Lipinski definition) is 2. The molecule has 0 heterocycles. The predicted molar refractivity (Wildman–Crippen MR) is 75.8 cm³/mol. The molecule has 19 heavy (non-hydrogen) atoms. The van der Waals surface area contributed by atoms with Crippen molar-refractivity contribution in [3.05, 3.63) is 35.9 Å². The number of Topliss-reactive ketones (excluding diaryl/α,β-unsaturated/α-hetero) is 1. The maximum Gasteiger partial charge on any atom is 0.138 e. The van der Waals surface area contributed by atoms with Crippen LogP contribution in [0.1, 0.15) is 32.8 Å². The quantitative estimate of drug-likeness (QED) is 0.794. The SMILES string of the molecule is CC(=O)C([C@H](O)C(C)C)[C@@H](O)CCc1ccccc1. The normalized spacial score (nSPS) is 16.1. The monoisotopic (exact) mass is 264 g/mol. The molecule has 0 saturated heterocycles. The second kappa shape index (κ2) is 7.41. The summed E-state index contributed by atoms with van der Waals surface area (Å²) >= 11 is 0. The molecule has 3 heteroatoms. The highest BCUT2D eigenvalue weighted by molar-refractivity contribution is 5.79. The van der Waals surface area contributed by atoms with E-state index in [1.165, 1.54) is 6.92 Å². The number of hydrogen-bond acceptors (Lipinski definition) is 3. The van der Waals surface area contributed by atoms with Gasteiger partial charge in [0.15, 0.2) is 0 Å². The van der Waals surface area contributed by atoms with Crippen molar-refractivity contribution < 1.29 is 15.0 Å². The van der Waals surface area contributed by atoms with Gasteiger partial charge in [0.1, 0.15) is 5.78 Å². The lowest BCUT2D eigenvalue weighted by Crippen LogP contribution is -2.40. The molecule has 1 aromatic rings. The van der Waals surface area contributed by atoms with Crippen LogP contribution in [0.5, 0.6) is 0 Å². The van der Waals surface area contributed by atoms with Gasteiger partial charge in [-0.15, -0.1) is 0 Å². The number of carbonyl (C=O) groups excluding carboxylic acids is 1. The standard InChI is InChI=1S/C16H24O3/c1-11(2)16(19)15(12(3)17)14(18)10-9-13-7-5-4-6-8-13/h4-8,11,14-16,18-19H,9-10H2,1-3H3/t14-,15?,16+/m0/s1. The molecule has 0 aromatic heterocycles. The Morgan fingerprint density at radius 1 is 1.16 bits per heavy atom. The molecule has 0 radical (unpaired) electrons. The van der Waals surface area contributed by atoms with Gasteiger partial charge >= 0.3 is 0 Å². The van der Waals surface area contributed by atoms with Gasteiger partial charge < -0.3 is 10.2 Å². The molecule has 3 atom stereocenters. The molecular weight excluding hydrogens is 240 g/mol. The maximum atomic E-state index is 11.6. The van der Waals surface area contributed by atoms with E-state index < -0.39 is 18.1 Å². The molecule has 0 spiro atoms. The third-order valence-electron chi connectivity index (χ3n) is 3.51. The minimum atomic E-state index is -0.796. The van der Waals surface area contributed by atoms with E-state index in [9.17, 15) is 15.0 Å². The van der Waals surface area contributed by atoms with E-state index in [0.29, 0.717) is 12.8 Å². The average Bonchev–Trinajstić information content (AvgIpc) is 2.37. The second-order valence-corrected chi connectivity index (χ2v) is 5.46. The number of ketones is 1. The van der Waals surface area contributed by atoms with Gasteiger partial charge in [-0.3, -0.25) is 4.79 Å². The van der Waals surface area contributed by atoms with Crippen molar-refractivity contribution in [2.75, 3.05) is 0 Å². The van der Waals surface area contributed by atoms with Gasteiger partial charge in [0.05, 0.1) is 18.1 Å². The largest absolute Gasteiger partial charge is 0.392 e. The molecule has 2 N–H and O–H groups in total. The second-order valence-electron chi connectivity index (χ2n) is 5.46. The minimum absolute atomic E-state index is 0.0414. The number of benzene rings is 1. The number of aliphatic hydroxyl groups excluding tert-OH is 2. The maximum absolute atomic E-state index is 11.6. The molecule has 0 aliphatic carbocycles. The zero-order valence-corrected chi connectivity index (χ0v) is 11.9. The van der Waals surface area contributed by atoms with Gasteiger partial charge in [0, 0.05) is 0 Å². The lowest BCUT2D eigenvalue weighted by Gasteiger charge is -2.28. The summed E-state index contributed by atoms with van der Waals surface area (Å²) in [6, 6.07) is 9.84. The van der Waals surface area contributed by atoms with Crippen molar-refractivity contribution in [2.24, 2.45) is 11.8 Å². The van der Waals surface area contributed by atoms with E-state index >= 15 is 0 Å². The highest BCUT2D eigenvalue weighted by Gasteiger charge is 2.32. The summed E-state index contributed by atoms with van der Waals surface area (Å²) in [5.41, 5.74) is 1.13. The van der Waals surface area contributed by atoms with Crippen molar-refractivity contribution in [1.29, 1.82) is 0 Å². The summed E-state index contributed by atoms with van der Waals surface area (Å²) in [5, 5.41) is 20.2. The van der Waals surface area contributed by atoms with Gasteiger partial charge in [0.2, 0.25) is 0 Å². The number of rotatable bonds is 7. The number of aliphatic hydroxyl groups is 2. The molecule has 0 fully saturated rings. The van der Waals surface area contributed by atoms with Crippen LogP contribution in [-0.4, -0.2) is 28.2 Å². The first kappa shape index (κ1) is 15.9. The molecule has 1 unspecified atom stereocenters. The molecule has 0 saturated carbocycles. The van der Waals surface area contributed by atoms with Crippen LogP contribution in [0, 0.1) is 11.8 Å². The van der Waals surface area contributed by atoms with Crippen LogP contribution in [0.15, 0.2) is 30.3 Å². The molecule has 0 aliphatic rings. The Kier molecular flexibility index (Phi) is 6.19. The van der Waals surface area contributed by atoms with Crippen molar-refractivity contribution in [3.8, 4) is 0 Å². The average molecular weight is 264 g/mol. The fourth-order valence-electron chi connectivity index (χ4n) is 2.29. The molecule has 1 rings (SSSR count). The Morgan fingerprint density at radius 3 is 2.21 bits per heavy atom. The van der Waals surface area contributed by atoms with E-state index in [-0.39, 0.29) is 11.7 Å². The molecule has 0 aliphatic heterocycles. The minimum Gasteiger partial charge on any atom is -0.392 e. The summed E-state index contributed by atoms with van der Waals surface area (Å²) in [4.78, 5) is 11.6. The van der Waals surface area contributed by atoms with E-state index in [4.69, 9.17) is 0 Å². The summed E-state index contributed by atoms with van der Waals surface area (Å²) in [7, 11) is 0. The highest BCUT2D eigenvalue weighted by atomic mass is 16.3. The molecule has 1 aromatic carbocycles. The Morgan fingerprint density at radius 2 is 1.74 bits per heavy atom. The Labute approximate surface area is 115 Å². The first-order valence-corrected chi connectivity index (χ1v) is 6.84. The molecule has 106 valence electrons. The van der Waals surface area contributed by atoms with Gasteiger partial charge in [-0.2, -0.15) is 0 Å². The zero-order valence-electron chi connectivity index (χ0n) is 11.9. The van der Waals surface area contributed by atoms with Gasteiger partial charge in [-0.25, -0.2) is 0 Å². The summed E-state index contributed by atoms with van der Waals surface area (Å²) < 4.78 is 0. The van der Waals surface area contributed by atoms with Crippen molar-refractivity contribution >= 4 is 5.78 Å². The van der Waals surface area contributed by atoms with Gasteiger partial charge in [0.25, 0.3) is 0 Å². The van der Waals surface area contributed by atoms with Crippen LogP contribution in [0.25, 0.3) is 0 Å². The first-order chi connectivity index (χ1) is 8.93. The first-order valence-electron chi connectivity index (χ1n) is 6.84. The summed E-state index contributed by atoms with van der Waals surface area (Å²) in [6.07, 6.45) is -0.396. The number of aryl methyl sites for hydroxylation is 1. The lowest BCUT2D eigenvalue weighted by molar-refractivity contribution is -0.131. The Hall–Kier alpha value is -1.19. The molecular formula is C16H24O3. The van der Waals surface area contributed by atoms with Crippen LogP contribution >= 0.6 is 0 Å². The van der Waals surface area contributed by atoms with Crippen LogP contribution in [-0.2, 0) is 11.2 Å². The van der Waals surface area contributed by atoms with Gasteiger partial charge in [-0.05, 0) is 31.2 Å². The van der Waals surface area contributed by atoms with E-state index in [1.54, 1.807) is 0 Å². The van der Waals surface area contributed by atoms with Crippen molar-refractivity contribution in [3.63, 3.8) is 0 Å². The topological polar surface area (TPSA) is 57.5 Å². The lowest BCUT2D eigenvalue weighted by atomic mass is 9.84. The zero-order chi connectivity index (χ0) is 14.4. The Bertz CT molecular complexity index is 386. The van der Waals surface area contributed by atoms with Gasteiger partial charge in [-0.1, -0.05) is 44.2 Å². The fourth-order valence-corrected chi connectivity index (χ4v) is 2.29. The summed E-state index contributed by atoms with van der Waals surface area (Å²) in [6.45, 7) is 5.14. The Balaban J connectivity index is 2.63.